The average molecular weight is 449 g/mol. The highest BCUT2D eigenvalue weighted by Crippen LogP contribution is 2.52. The Labute approximate surface area is 184 Å². The zero-order chi connectivity index (χ0) is 22.8. The van der Waals surface area contributed by atoms with Gasteiger partial charge >= 0.3 is 5.97 Å². The van der Waals surface area contributed by atoms with Crippen molar-refractivity contribution in [3.05, 3.63) is 45.8 Å². The van der Waals surface area contributed by atoms with Gasteiger partial charge in [0, 0.05) is 16.1 Å². The van der Waals surface area contributed by atoms with Gasteiger partial charge in [-0.1, -0.05) is 27.7 Å². The van der Waals surface area contributed by atoms with Gasteiger partial charge in [-0.2, -0.15) is 0 Å². The van der Waals surface area contributed by atoms with Gasteiger partial charge in [-0.15, -0.1) is 11.3 Å². The number of carbonyl (C=O) groups is 2. The Morgan fingerprint density at radius 2 is 1.71 bits per heavy atom. The molecule has 0 bridgehead atoms. The highest BCUT2D eigenvalue weighted by molar-refractivity contribution is 7.17. The van der Waals surface area contributed by atoms with Crippen molar-refractivity contribution in [2.45, 2.75) is 51.9 Å². The number of carboxylic acid groups (broad SMARTS) is 1. The van der Waals surface area contributed by atoms with Crippen LogP contribution in [-0.4, -0.2) is 36.0 Å². The summed E-state index contributed by atoms with van der Waals surface area (Å²) < 4.78 is 26.1. The molecule has 1 aliphatic carbocycles. The van der Waals surface area contributed by atoms with Crippen LogP contribution in [-0.2, 0) is 11.8 Å². The first-order valence-electron chi connectivity index (χ1n) is 10.2. The minimum atomic E-state index is -2.66. The second-order valence-electron chi connectivity index (χ2n) is 10.0. The molecule has 2 N–H and O–H groups in total. The third kappa shape index (κ3) is 4.05. The van der Waals surface area contributed by atoms with Crippen LogP contribution in [0.3, 0.4) is 0 Å². The predicted octanol–water partition coefficient (Wildman–Crippen LogP) is 5.40. The molecule has 2 aromatic rings. The molecule has 1 fully saturated rings. The second kappa shape index (κ2) is 7.02. The number of hydrogen-bond acceptors (Lipinski definition) is 4. The van der Waals surface area contributed by atoms with E-state index >= 15 is 0 Å². The monoisotopic (exact) mass is 448 g/mol. The summed E-state index contributed by atoms with van der Waals surface area (Å²) in [5.74, 6) is -4.13. The molecular formula is C23H26F2N2O3S. The van der Waals surface area contributed by atoms with Crippen LogP contribution in [0.2, 0.25) is 0 Å². The number of nitrogens with one attached hydrogen (secondary N) is 1. The fourth-order valence-corrected chi connectivity index (χ4v) is 6.31. The van der Waals surface area contributed by atoms with Crippen molar-refractivity contribution in [2.75, 3.05) is 23.3 Å². The maximum absolute atomic E-state index is 13.1. The minimum Gasteiger partial charge on any atom is -0.478 e. The molecule has 0 saturated carbocycles. The van der Waals surface area contributed by atoms with Crippen molar-refractivity contribution in [2.24, 2.45) is 5.41 Å². The van der Waals surface area contributed by atoms with Gasteiger partial charge in [0.15, 0.2) is 0 Å². The molecule has 5 nitrogen and oxygen atoms in total. The predicted molar refractivity (Wildman–Crippen MR) is 118 cm³/mol. The first-order chi connectivity index (χ1) is 14.3. The number of fused-ring (bicyclic) bond motifs is 1. The number of hydrogen-bond donors (Lipinski definition) is 2. The fourth-order valence-electron chi connectivity index (χ4n) is 5.01. The molecular weight excluding hydrogens is 422 g/mol. The summed E-state index contributed by atoms with van der Waals surface area (Å²) in [6, 6.07) is 6.41. The molecule has 31 heavy (non-hydrogen) atoms. The van der Waals surface area contributed by atoms with E-state index in [1.54, 1.807) is 29.2 Å². The summed E-state index contributed by atoms with van der Waals surface area (Å²) in [5.41, 5.74) is 1.74. The van der Waals surface area contributed by atoms with Gasteiger partial charge < -0.3 is 15.3 Å². The number of amides is 1. The molecule has 166 valence electrons. The Bertz CT molecular complexity index is 1050. The number of benzene rings is 1. The molecule has 2 aliphatic rings. The van der Waals surface area contributed by atoms with Crippen molar-refractivity contribution >= 4 is 33.9 Å². The summed E-state index contributed by atoms with van der Waals surface area (Å²) in [6.07, 6.45) is 1.58. The summed E-state index contributed by atoms with van der Waals surface area (Å²) in [5, 5.41) is 13.0. The van der Waals surface area contributed by atoms with E-state index in [0.29, 0.717) is 22.7 Å². The van der Waals surface area contributed by atoms with Crippen molar-refractivity contribution < 1.29 is 23.5 Å². The smallest absolute Gasteiger partial charge is 0.339 e. The fraction of sp³-hybridized carbons (Fsp3) is 0.478. The number of nitrogens with zero attached hydrogens (tertiary/aromatic N) is 1. The van der Waals surface area contributed by atoms with Crippen LogP contribution in [0.5, 0.6) is 0 Å². The van der Waals surface area contributed by atoms with Crippen LogP contribution < -0.4 is 10.2 Å². The maximum atomic E-state index is 13.1. The topological polar surface area (TPSA) is 69.6 Å². The van der Waals surface area contributed by atoms with E-state index in [1.165, 1.54) is 11.3 Å². The molecule has 0 radical (unpaired) electrons. The molecule has 1 aromatic heterocycles. The third-order valence-corrected chi connectivity index (χ3v) is 7.49. The van der Waals surface area contributed by atoms with E-state index in [1.807, 2.05) is 0 Å². The van der Waals surface area contributed by atoms with E-state index in [-0.39, 0.29) is 29.5 Å². The quantitative estimate of drug-likeness (QED) is 0.657. The number of alkyl halides is 2. The average Bonchev–Trinajstić information content (AvgIpc) is 2.96. The van der Waals surface area contributed by atoms with Gasteiger partial charge in [0.1, 0.15) is 5.00 Å². The number of aromatic carboxylic acids is 1. The van der Waals surface area contributed by atoms with Crippen molar-refractivity contribution in [3.63, 3.8) is 0 Å². The number of halogens is 2. The van der Waals surface area contributed by atoms with Gasteiger partial charge in [-0.25, -0.2) is 13.6 Å². The zero-order valence-electron chi connectivity index (χ0n) is 18.0. The van der Waals surface area contributed by atoms with Gasteiger partial charge in [-0.3, -0.25) is 4.79 Å². The van der Waals surface area contributed by atoms with Crippen molar-refractivity contribution in [3.8, 4) is 0 Å². The Kier molecular flexibility index (Phi) is 4.92. The van der Waals surface area contributed by atoms with E-state index in [9.17, 15) is 23.5 Å². The van der Waals surface area contributed by atoms with Crippen LogP contribution in [0.15, 0.2) is 24.3 Å². The van der Waals surface area contributed by atoms with Gasteiger partial charge in [0.25, 0.3) is 11.8 Å². The highest BCUT2D eigenvalue weighted by Gasteiger charge is 2.44. The molecule has 2 heterocycles. The molecule has 1 amide bonds. The van der Waals surface area contributed by atoms with Gasteiger partial charge in [0.05, 0.1) is 18.7 Å². The van der Waals surface area contributed by atoms with Crippen LogP contribution >= 0.6 is 11.3 Å². The molecule has 1 saturated heterocycles. The third-order valence-electron chi connectivity index (χ3n) is 5.98. The minimum absolute atomic E-state index is 0.0352. The number of carboxylic acids is 1. The van der Waals surface area contributed by atoms with Crippen molar-refractivity contribution in [1.82, 2.24) is 0 Å². The van der Waals surface area contributed by atoms with E-state index < -0.39 is 17.8 Å². The molecule has 1 aliphatic heterocycles. The van der Waals surface area contributed by atoms with E-state index in [0.717, 1.165) is 16.9 Å². The molecule has 4 rings (SSSR count). The Morgan fingerprint density at radius 1 is 1.10 bits per heavy atom. The van der Waals surface area contributed by atoms with Gasteiger partial charge in [-0.05, 0) is 53.5 Å². The summed E-state index contributed by atoms with van der Waals surface area (Å²) >= 11 is 1.34. The zero-order valence-corrected chi connectivity index (χ0v) is 18.8. The summed E-state index contributed by atoms with van der Waals surface area (Å²) in [6.45, 7) is 7.83. The number of carbonyl (C=O) groups excluding carboxylic acids is 1. The Hall–Kier alpha value is -2.48. The molecule has 1 aromatic carbocycles. The van der Waals surface area contributed by atoms with Crippen molar-refractivity contribution in [1.29, 1.82) is 0 Å². The van der Waals surface area contributed by atoms with E-state index in [2.05, 4.69) is 33.0 Å². The Balaban J connectivity index is 1.59. The number of thiophene rings is 1. The standard InChI is InChI=1S/C23H26F2N2O3S/c1-21(2)9-15-16(20(29)30)19(31-17(15)22(3,4)10-21)26-18(28)13-5-7-14(8-6-13)27-11-23(24,25)12-27/h5-8H,9-12H2,1-4H3,(H,26,28)(H,29,30). The SMILES string of the molecule is CC1(C)Cc2c(sc(NC(=O)c3ccc(N4CC(F)(F)C4)cc3)c2C(=O)O)C(C)(C)C1. The number of rotatable bonds is 4. The molecule has 0 unspecified atom stereocenters. The van der Waals surface area contributed by atoms with Crippen LogP contribution in [0, 0.1) is 5.41 Å². The second-order valence-corrected chi connectivity index (χ2v) is 11.1. The first-order valence-corrected chi connectivity index (χ1v) is 11.0. The summed E-state index contributed by atoms with van der Waals surface area (Å²) in [4.78, 5) is 27.5. The van der Waals surface area contributed by atoms with Crippen LogP contribution in [0.4, 0.5) is 19.5 Å². The lowest BCUT2D eigenvalue weighted by molar-refractivity contribution is -0.0262. The largest absolute Gasteiger partial charge is 0.478 e. The van der Waals surface area contributed by atoms with E-state index in [4.69, 9.17) is 0 Å². The molecule has 8 heteroatoms. The number of anilines is 2. The van der Waals surface area contributed by atoms with Crippen LogP contribution in [0.25, 0.3) is 0 Å². The lowest BCUT2D eigenvalue weighted by Crippen LogP contribution is -2.56. The highest BCUT2D eigenvalue weighted by atomic mass is 32.1. The lowest BCUT2D eigenvalue weighted by atomic mass is 9.65. The molecule has 0 atom stereocenters. The lowest BCUT2D eigenvalue weighted by Gasteiger charge is -2.40. The maximum Gasteiger partial charge on any atom is 0.339 e. The summed E-state index contributed by atoms with van der Waals surface area (Å²) in [7, 11) is 0. The molecule has 0 spiro atoms. The van der Waals surface area contributed by atoms with Gasteiger partial charge in [0.2, 0.25) is 0 Å². The first kappa shape index (κ1) is 21.7. The Morgan fingerprint density at radius 3 is 2.26 bits per heavy atom. The van der Waals surface area contributed by atoms with Crippen LogP contribution in [0.1, 0.15) is 65.3 Å². The normalized spacial score (nSPS) is 20.5.